The van der Waals surface area contributed by atoms with E-state index >= 15 is 0 Å². The number of rotatable bonds is 8. The van der Waals surface area contributed by atoms with E-state index in [0.717, 1.165) is 17.8 Å². The molecule has 1 fully saturated rings. The number of hydrogen-bond donors (Lipinski definition) is 2. The van der Waals surface area contributed by atoms with Gasteiger partial charge in [-0.05, 0) is 57.4 Å². The van der Waals surface area contributed by atoms with Crippen molar-refractivity contribution >= 4 is 44.1 Å². The summed E-state index contributed by atoms with van der Waals surface area (Å²) in [6.45, 7) is 7.31. The second-order valence-corrected chi connectivity index (χ2v) is 11.8. The Morgan fingerprint density at radius 2 is 2.07 bits per heavy atom. The topological polar surface area (TPSA) is 92.3 Å². The van der Waals surface area contributed by atoms with Crippen LogP contribution in [0.4, 0.5) is 24.3 Å². The standard InChI is InChI=1S/C29H33F3N6O2S/c1-18-7-4-5-15-38(18)16-14-33-26-35-21(20-10-12-28(3,13-11-20)29(30,31)32)17-24(36-26)40-22-8-6-9-23-25(22)37-27(41-23)34-19(2)39/h6,8-12,17-18H,4-5,7,13-16H2,1-3H3,(H,33,35,36)(H,34,37,39). The molecule has 3 heterocycles. The number of carbonyl (C=O) groups excluding carboxylic acids is 1. The highest BCUT2D eigenvalue weighted by Gasteiger charge is 2.49. The Morgan fingerprint density at radius 3 is 2.78 bits per heavy atom. The molecule has 0 spiro atoms. The highest BCUT2D eigenvalue weighted by Crippen LogP contribution is 2.45. The van der Waals surface area contributed by atoms with E-state index in [0.29, 0.717) is 46.2 Å². The summed E-state index contributed by atoms with van der Waals surface area (Å²) in [4.78, 5) is 27.6. The molecule has 8 nitrogen and oxygen atoms in total. The highest BCUT2D eigenvalue weighted by atomic mass is 32.1. The Morgan fingerprint density at radius 1 is 1.24 bits per heavy atom. The van der Waals surface area contributed by atoms with Crippen LogP contribution in [0.5, 0.6) is 11.6 Å². The normalized spacial score (nSPS) is 21.5. The molecule has 1 saturated heterocycles. The van der Waals surface area contributed by atoms with Crippen LogP contribution < -0.4 is 15.4 Å². The molecule has 1 aliphatic carbocycles. The van der Waals surface area contributed by atoms with E-state index < -0.39 is 11.6 Å². The number of thiazole rings is 1. The molecule has 0 saturated carbocycles. The van der Waals surface area contributed by atoms with Gasteiger partial charge in [0, 0.05) is 32.1 Å². The molecule has 2 N–H and O–H groups in total. The zero-order valence-electron chi connectivity index (χ0n) is 23.2. The summed E-state index contributed by atoms with van der Waals surface area (Å²) in [5.41, 5.74) is -0.353. The number of likely N-dealkylation sites (tertiary alicyclic amines) is 1. The van der Waals surface area contributed by atoms with Crippen molar-refractivity contribution in [2.45, 2.75) is 58.7 Å². The molecule has 2 aliphatic rings. The van der Waals surface area contributed by atoms with Crippen molar-refractivity contribution in [1.29, 1.82) is 0 Å². The van der Waals surface area contributed by atoms with Gasteiger partial charge in [0.25, 0.3) is 0 Å². The minimum Gasteiger partial charge on any atom is -0.437 e. The predicted octanol–water partition coefficient (Wildman–Crippen LogP) is 7.04. The maximum atomic E-state index is 13.6. The number of para-hydroxylation sites is 1. The predicted molar refractivity (Wildman–Crippen MR) is 155 cm³/mol. The Labute approximate surface area is 240 Å². The van der Waals surface area contributed by atoms with E-state index in [1.165, 1.54) is 56.6 Å². The molecule has 218 valence electrons. The van der Waals surface area contributed by atoms with Crippen molar-refractivity contribution in [1.82, 2.24) is 19.9 Å². The number of fused-ring (bicyclic) bond motifs is 1. The second-order valence-electron chi connectivity index (χ2n) is 10.7. The zero-order chi connectivity index (χ0) is 29.2. The number of alkyl halides is 3. The summed E-state index contributed by atoms with van der Waals surface area (Å²) in [5, 5.41) is 6.43. The molecule has 1 aliphatic heterocycles. The number of amides is 1. The molecule has 2 aromatic heterocycles. The lowest BCUT2D eigenvalue weighted by atomic mass is 9.81. The minimum absolute atomic E-state index is 0.192. The summed E-state index contributed by atoms with van der Waals surface area (Å²) >= 11 is 1.32. The van der Waals surface area contributed by atoms with Crippen molar-refractivity contribution in [2.24, 2.45) is 5.41 Å². The maximum absolute atomic E-state index is 13.6. The van der Waals surface area contributed by atoms with Crippen LogP contribution in [0.3, 0.4) is 0 Å². The number of halogens is 3. The van der Waals surface area contributed by atoms with E-state index in [9.17, 15) is 18.0 Å². The monoisotopic (exact) mass is 586 g/mol. The van der Waals surface area contributed by atoms with Crippen LogP contribution in [-0.4, -0.2) is 57.6 Å². The number of nitrogens with zero attached hydrogens (tertiary/aromatic N) is 4. The van der Waals surface area contributed by atoms with Gasteiger partial charge in [-0.25, -0.2) is 9.97 Å². The quantitative estimate of drug-likeness (QED) is 0.293. The van der Waals surface area contributed by atoms with Crippen molar-refractivity contribution in [3.05, 3.63) is 48.2 Å². The van der Waals surface area contributed by atoms with Gasteiger partial charge in [0.15, 0.2) is 10.9 Å². The van der Waals surface area contributed by atoms with Crippen molar-refractivity contribution in [3.63, 3.8) is 0 Å². The van der Waals surface area contributed by atoms with Crippen molar-refractivity contribution in [2.75, 3.05) is 30.3 Å². The third-order valence-electron chi connectivity index (χ3n) is 7.52. The fraction of sp³-hybridized carbons (Fsp3) is 0.448. The van der Waals surface area contributed by atoms with Gasteiger partial charge in [-0.15, -0.1) is 0 Å². The number of aromatic nitrogens is 3. The molecular weight excluding hydrogens is 553 g/mol. The summed E-state index contributed by atoms with van der Waals surface area (Å²) in [6, 6.07) is 7.57. The molecule has 12 heteroatoms. The lowest BCUT2D eigenvalue weighted by Crippen LogP contribution is -2.40. The number of allylic oxidation sites excluding steroid dienone is 4. The van der Waals surface area contributed by atoms with E-state index in [2.05, 4.69) is 37.4 Å². The first-order valence-electron chi connectivity index (χ1n) is 13.7. The lowest BCUT2D eigenvalue weighted by molar-refractivity contribution is -0.199. The number of carbonyl (C=O) groups is 1. The van der Waals surface area contributed by atoms with Gasteiger partial charge in [-0.3, -0.25) is 9.69 Å². The fourth-order valence-electron chi connectivity index (χ4n) is 4.96. The SMILES string of the molecule is CC(=O)Nc1nc2c(Oc3cc(C4=CCC(C)(C(F)(F)F)C=C4)nc(NCCN4CCCCC4C)n3)cccc2s1. The molecule has 0 radical (unpaired) electrons. The lowest BCUT2D eigenvalue weighted by Gasteiger charge is -2.33. The molecule has 3 aromatic rings. The summed E-state index contributed by atoms with van der Waals surface area (Å²) in [5.74, 6) is 0.761. The minimum atomic E-state index is -4.36. The Balaban J connectivity index is 1.42. The van der Waals surface area contributed by atoms with Gasteiger partial charge in [-0.1, -0.05) is 42.1 Å². The highest BCUT2D eigenvalue weighted by molar-refractivity contribution is 7.22. The van der Waals surface area contributed by atoms with Crippen LogP contribution in [0, 0.1) is 5.41 Å². The fourth-order valence-corrected chi connectivity index (χ4v) is 5.89. The Bertz CT molecular complexity index is 1490. The maximum Gasteiger partial charge on any atom is 0.397 e. The van der Waals surface area contributed by atoms with Gasteiger partial charge < -0.3 is 15.4 Å². The summed E-state index contributed by atoms with van der Waals surface area (Å²) in [6.07, 6.45) is 3.25. The summed E-state index contributed by atoms with van der Waals surface area (Å²) in [7, 11) is 0. The number of benzene rings is 1. The first kappa shape index (κ1) is 29.0. The Kier molecular flexibility index (Phi) is 8.32. The number of anilines is 2. The van der Waals surface area contributed by atoms with Crippen molar-refractivity contribution in [3.8, 4) is 11.6 Å². The van der Waals surface area contributed by atoms with Crippen LogP contribution >= 0.6 is 11.3 Å². The molecule has 41 heavy (non-hydrogen) atoms. The molecule has 1 amide bonds. The number of piperidine rings is 1. The molecule has 2 unspecified atom stereocenters. The van der Waals surface area contributed by atoms with E-state index in [4.69, 9.17) is 4.74 Å². The molecule has 2 atom stereocenters. The van der Waals surface area contributed by atoms with Crippen LogP contribution in [0.25, 0.3) is 15.8 Å². The van der Waals surface area contributed by atoms with E-state index in [-0.39, 0.29) is 18.2 Å². The van der Waals surface area contributed by atoms with Crippen LogP contribution in [0.1, 0.15) is 52.1 Å². The molecule has 1 aromatic carbocycles. The van der Waals surface area contributed by atoms with Gasteiger partial charge in [0.05, 0.1) is 15.8 Å². The summed E-state index contributed by atoms with van der Waals surface area (Å²) < 4.78 is 47.7. The van der Waals surface area contributed by atoms with Crippen LogP contribution in [0.15, 0.2) is 42.5 Å². The second kappa shape index (κ2) is 11.8. The average molecular weight is 587 g/mol. The molecule has 0 bridgehead atoms. The van der Waals surface area contributed by atoms with Gasteiger partial charge in [0.2, 0.25) is 17.7 Å². The van der Waals surface area contributed by atoms with Crippen LogP contribution in [0.2, 0.25) is 0 Å². The number of nitrogens with one attached hydrogen (secondary N) is 2. The van der Waals surface area contributed by atoms with Gasteiger partial charge in [-0.2, -0.15) is 18.2 Å². The van der Waals surface area contributed by atoms with E-state index in [1.807, 2.05) is 12.1 Å². The Hall–Kier alpha value is -3.51. The van der Waals surface area contributed by atoms with Gasteiger partial charge >= 0.3 is 6.18 Å². The third-order valence-corrected chi connectivity index (χ3v) is 8.46. The first-order valence-corrected chi connectivity index (χ1v) is 14.5. The smallest absolute Gasteiger partial charge is 0.397 e. The van der Waals surface area contributed by atoms with E-state index in [1.54, 1.807) is 18.2 Å². The third kappa shape index (κ3) is 6.70. The first-order chi connectivity index (χ1) is 19.5. The van der Waals surface area contributed by atoms with Crippen LogP contribution in [-0.2, 0) is 4.79 Å². The average Bonchev–Trinajstić information content (AvgIpc) is 3.32. The molecular formula is C29H33F3N6O2S. The van der Waals surface area contributed by atoms with Crippen molar-refractivity contribution < 1.29 is 22.7 Å². The number of hydrogen-bond acceptors (Lipinski definition) is 8. The zero-order valence-corrected chi connectivity index (χ0v) is 24.0. The molecule has 5 rings (SSSR count). The largest absolute Gasteiger partial charge is 0.437 e. The number of ether oxygens (including phenoxy) is 1. The van der Waals surface area contributed by atoms with Gasteiger partial charge in [0.1, 0.15) is 5.52 Å².